The van der Waals surface area contributed by atoms with Crippen molar-refractivity contribution in [1.82, 2.24) is 9.97 Å². The van der Waals surface area contributed by atoms with Gasteiger partial charge in [-0.25, -0.2) is 0 Å². The third kappa shape index (κ3) is 5.25. The second kappa shape index (κ2) is 10.7. The molecule has 8 nitrogen and oxygen atoms in total. The Bertz CT molecular complexity index is 1590. The third-order valence-electron chi connectivity index (χ3n) is 6.30. The average Bonchev–Trinajstić information content (AvgIpc) is 3.55. The minimum atomic E-state index is -0.0239. The number of aliphatic hydroxyl groups is 1. The summed E-state index contributed by atoms with van der Waals surface area (Å²) in [7, 11) is 1.65. The number of ether oxygens (including phenoxy) is 1. The summed E-state index contributed by atoms with van der Waals surface area (Å²) >= 11 is 0. The van der Waals surface area contributed by atoms with Crippen molar-refractivity contribution < 1.29 is 9.84 Å². The zero-order valence-electron chi connectivity index (χ0n) is 20.7. The molecular weight excluding hydrogens is 464 g/mol. The lowest BCUT2D eigenvalue weighted by atomic mass is 10.1. The van der Waals surface area contributed by atoms with E-state index in [0.717, 1.165) is 55.4 Å². The maximum absolute atomic E-state index is 8.97. The van der Waals surface area contributed by atoms with Crippen LogP contribution in [0.1, 0.15) is 11.1 Å². The largest absolute Gasteiger partial charge is 0.394 e. The number of fused-ring (bicyclic) bond motifs is 2. The number of hydrogen-bond donors (Lipinski definition) is 5. The zero-order valence-corrected chi connectivity index (χ0v) is 20.7. The van der Waals surface area contributed by atoms with E-state index in [9.17, 15) is 0 Å². The van der Waals surface area contributed by atoms with Gasteiger partial charge < -0.3 is 31.3 Å². The molecule has 2 heterocycles. The van der Waals surface area contributed by atoms with Crippen LogP contribution >= 0.6 is 0 Å². The Morgan fingerprint density at radius 1 is 0.730 bits per heavy atom. The molecule has 0 amide bonds. The van der Waals surface area contributed by atoms with Crippen molar-refractivity contribution in [3.05, 3.63) is 83.9 Å². The number of aliphatic hydroxyl groups excluding tert-OH is 1. The Morgan fingerprint density at radius 2 is 1.22 bits per heavy atom. The summed E-state index contributed by atoms with van der Waals surface area (Å²) in [5.74, 6) is 0.924. The highest BCUT2D eigenvalue weighted by atomic mass is 16.5. The predicted molar refractivity (Wildman–Crippen MR) is 151 cm³/mol. The molecule has 2 aromatic heterocycles. The van der Waals surface area contributed by atoms with Crippen molar-refractivity contribution in [1.29, 1.82) is 0 Å². The van der Waals surface area contributed by atoms with Crippen LogP contribution in [0.15, 0.2) is 82.8 Å². The van der Waals surface area contributed by atoms with Crippen molar-refractivity contribution >= 4 is 33.5 Å². The van der Waals surface area contributed by atoms with Gasteiger partial charge in [-0.2, -0.15) is 0 Å². The van der Waals surface area contributed by atoms with E-state index >= 15 is 0 Å². The van der Waals surface area contributed by atoms with Gasteiger partial charge in [0, 0.05) is 51.4 Å². The fourth-order valence-electron chi connectivity index (χ4n) is 4.32. The van der Waals surface area contributed by atoms with Gasteiger partial charge in [-0.05, 0) is 35.4 Å². The molecule has 0 spiro atoms. The number of hydrogen-bond acceptors (Lipinski definition) is 4. The quantitative estimate of drug-likeness (QED) is 0.120. The molecule has 8 heteroatoms. The maximum atomic E-state index is 8.97. The van der Waals surface area contributed by atoms with Crippen LogP contribution in [0, 0.1) is 0 Å². The number of aromatic nitrogens is 2. The van der Waals surface area contributed by atoms with Gasteiger partial charge in [0.2, 0.25) is 0 Å². The van der Waals surface area contributed by atoms with E-state index in [0.29, 0.717) is 31.4 Å². The highest BCUT2D eigenvalue weighted by Gasteiger charge is 2.09. The van der Waals surface area contributed by atoms with Gasteiger partial charge in [0.05, 0.1) is 26.3 Å². The van der Waals surface area contributed by atoms with E-state index in [2.05, 4.69) is 62.4 Å². The van der Waals surface area contributed by atoms with Crippen LogP contribution in [0.25, 0.3) is 44.3 Å². The van der Waals surface area contributed by atoms with Crippen LogP contribution in [0.2, 0.25) is 0 Å². The summed E-state index contributed by atoms with van der Waals surface area (Å²) in [6, 6.07) is 24.7. The molecule has 0 unspecified atom stereocenters. The predicted octanol–water partition coefficient (Wildman–Crippen LogP) is 4.03. The van der Waals surface area contributed by atoms with Gasteiger partial charge in [0.25, 0.3) is 0 Å². The van der Waals surface area contributed by atoms with Gasteiger partial charge in [-0.3, -0.25) is 9.98 Å². The minimum absolute atomic E-state index is 0.0239. The van der Waals surface area contributed by atoms with Crippen molar-refractivity contribution in [2.24, 2.45) is 21.5 Å². The molecule has 0 aliphatic rings. The Kier molecular flexibility index (Phi) is 7.02. The highest BCUT2D eigenvalue weighted by Crippen LogP contribution is 2.29. The van der Waals surface area contributed by atoms with Gasteiger partial charge in [-0.15, -0.1) is 0 Å². The lowest BCUT2D eigenvalue weighted by Crippen LogP contribution is -2.14. The first-order valence-corrected chi connectivity index (χ1v) is 12.1. The Balaban J connectivity index is 1.37. The molecule has 0 bridgehead atoms. The fraction of sp³-hybridized carbons (Fsp3) is 0.172. The van der Waals surface area contributed by atoms with E-state index in [1.54, 1.807) is 7.11 Å². The van der Waals surface area contributed by atoms with Crippen LogP contribution in [0.3, 0.4) is 0 Å². The van der Waals surface area contributed by atoms with Crippen molar-refractivity contribution in [3.63, 3.8) is 0 Å². The van der Waals surface area contributed by atoms with Crippen LogP contribution in [-0.2, 0) is 4.74 Å². The second-order valence-electron chi connectivity index (χ2n) is 8.80. The summed E-state index contributed by atoms with van der Waals surface area (Å²) in [5.41, 5.74) is 20.1. The van der Waals surface area contributed by atoms with Crippen molar-refractivity contribution in [3.8, 4) is 22.5 Å². The molecule has 0 saturated heterocycles. The molecule has 0 saturated carbocycles. The number of aromatic amines is 2. The van der Waals surface area contributed by atoms with Crippen molar-refractivity contribution in [2.45, 2.75) is 0 Å². The number of aliphatic imine (C=N–C) groups is 2. The van der Waals surface area contributed by atoms with Crippen LogP contribution in [0.4, 0.5) is 0 Å². The van der Waals surface area contributed by atoms with Gasteiger partial charge in [-0.1, -0.05) is 48.5 Å². The SMILES string of the molecule is COCC/N=C(\N)c1ccc2cc(-c3ccc(-c4cc5ccc(/C(N)=N/CCO)cc5[nH]4)cc3)[nH]c2c1. The van der Waals surface area contributed by atoms with Gasteiger partial charge >= 0.3 is 0 Å². The first kappa shape index (κ1) is 24.3. The second-order valence-corrected chi connectivity index (χ2v) is 8.80. The summed E-state index contributed by atoms with van der Waals surface area (Å²) in [5, 5.41) is 11.2. The smallest absolute Gasteiger partial charge is 0.125 e. The summed E-state index contributed by atoms with van der Waals surface area (Å²) in [6.45, 7) is 1.35. The van der Waals surface area contributed by atoms with Crippen molar-refractivity contribution in [2.75, 3.05) is 33.4 Å². The maximum Gasteiger partial charge on any atom is 0.125 e. The Hall–Kier alpha value is -4.40. The molecule has 0 aliphatic carbocycles. The monoisotopic (exact) mass is 494 g/mol. The number of rotatable bonds is 9. The van der Waals surface area contributed by atoms with E-state index in [1.165, 1.54) is 0 Å². The molecule has 188 valence electrons. The summed E-state index contributed by atoms with van der Waals surface area (Å²) in [6.07, 6.45) is 0. The topological polar surface area (TPSA) is 138 Å². The van der Waals surface area contributed by atoms with Crippen LogP contribution < -0.4 is 11.5 Å². The molecule has 5 aromatic rings. The number of H-pyrrole nitrogens is 2. The number of amidine groups is 2. The Morgan fingerprint density at radius 3 is 1.68 bits per heavy atom. The van der Waals surface area contributed by atoms with Crippen LogP contribution in [-0.4, -0.2) is 60.2 Å². The molecular formula is C29H30N6O2. The molecule has 5 rings (SSSR count). The summed E-state index contributed by atoms with van der Waals surface area (Å²) < 4.78 is 5.04. The molecule has 0 atom stereocenters. The van der Waals surface area contributed by atoms with Crippen LogP contribution in [0.5, 0.6) is 0 Å². The number of nitrogens with one attached hydrogen (secondary N) is 2. The number of benzene rings is 3. The van der Waals surface area contributed by atoms with E-state index in [1.807, 2.05) is 30.3 Å². The third-order valence-corrected chi connectivity index (χ3v) is 6.30. The number of nitrogens with zero attached hydrogens (tertiary/aromatic N) is 2. The zero-order chi connectivity index (χ0) is 25.8. The molecule has 7 N–H and O–H groups in total. The van der Waals surface area contributed by atoms with E-state index < -0.39 is 0 Å². The molecule has 0 radical (unpaired) electrons. The highest BCUT2D eigenvalue weighted by molar-refractivity contribution is 6.02. The van der Waals surface area contributed by atoms with Gasteiger partial charge in [0.15, 0.2) is 0 Å². The summed E-state index contributed by atoms with van der Waals surface area (Å²) in [4.78, 5) is 15.5. The number of nitrogens with two attached hydrogens (primary N) is 2. The minimum Gasteiger partial charge on any atom is -0.394 e. The van der Waals surface area contributed by atoms with E-state index in [4.69, 9.17) is 21.3 Å². The standard InChI is InChI=1S/C29H30N6O2/c1-37-13-11-33-29(31)23-9-7-21-15-25(35-27(21)17-23)19-4-2-18(3-5-19)24-14-20-6-8-22(16-26(20)34-24)28(30)32-10-12-36/h2-9,14-17,34-36H,10-13H2,1H3,(H2,30,32)(H2,31,33). The lowest BCUT2D eigenvalue weighted by Gasteiger charge is -2.02. The lowest BCUT2D eigenvalue weighted by molar-refractivity contribution is 0.208. The fourth-order valence-corrected chi connectivity index (χ4v) is 4.32. The first-order chi connectivity index (χ1) is 18.1. The molecule has 0 fully saturated rings. The Labute approximate surface area is 214 Å². The molecule has 0 aliphatic heterocycles. The molecule has 37 heavy (non-hydrogen) atoms. The molecule has 3 aromatic carbocycles. The first-order valence-electron chi connectivity index (χ1n) is 12.1. The van der Waals surface area contributed by atoms with Gasteiger partial charge in [0.1, 0.15) is 11.7 Å². The number of methoxy groups -OCH3 is 1. The van der Waals surface area contributed by atoms with E-state index in [-0.39, 0.29) is 6.61 Å². The normalized spacial score (nSPS) is 12.6. The average molecular weight is 495 g/mol.